The summed E-state index contributed by atoms with van der Waals surface area (Å²) in [5, 5.41) is 12.4. The summed E-state index contributed by atoms with van der Waals surface area (Å²) in [4.78, 5) is 10.3. The Morgan fingerprint density at radius 3 is 2.53 bits per heavy atom. The molecule has 9 heteroatoms. The van der Waals surface area contributed by atoms with Crippen LogP contribution in [0, 0.1) is 0 Å². The van der Waals surface area contributed by atoms with Crippen molar-refractivity contribution in [2.75, 3.05) is 11.1 Å². The maximum Gasteiger partial charge on any atom is 0.222 e. The number of nitrogens with zero attached hydrogens (tertiary/aromatic N) is 2. The van der Waals surface area contributed by atoms with Crippen molar-refractivity contribution in [3.05, 3.63) is 5.38 Å². The van der Waals surface area contributed by atoms with E-state index in [1.165, 1.54) is 18.5 Å². The predicted molar refractivity (Wildman–Crippen MR) is 67.1 cm³/mol. The molecule has 1 aromatic rings. The van der Waals surface area contributed by atoms with Crippen LogP contribution in [0.3, 0.4) is 0 Å². The number of hydrogen-bond acceptors (Lipinski definition) is 6. The van der Waals surface area contributed by atoms with Gasteiger partial charge >= 0.3 is 0 Å². The van der Waals surface area contributed by atoms with E-state index in [4.69, 9.17) is 5.14 Å². The monoisotopic (exact) mass is 280 g/mol. The molecule has 0 aromatic carbocycles. The Kier molecular flexibility index (Phi) is 7.59. The fraction of sp³-hybridized carbons (Fsp3) is 0.625. The Bertz CT molecular complexity index is 416. The molecule has 0 unspecified atom stereocenters. The molecule has 0 saturated carbocycles. The van der Waals surface area contributed by atoms with E-state index < -0.39 is 10.0 Å². The first kappa shape index (κ1) is 15.9. The molecule has 7 nitrogen and oxygen atoms in total. The number of primary sulfonamides is 1. The van der Waals surface area contributed by atoms with Crippen molar-refractivity contribution in [2.24, 2.45) is 5.14 Å². The summed E-state index contributed by atoms with van der Waals surface area (Å²) in [5.74, 6) is 0.513. The maximum absolute atomic E-state index is 10.3. The topological polar surface area (TPSA) is 115 Å². The fourth-order valence-corrected chi connectivity index (χ4v) is 1.82. The van der Waals surface area contributed by atoms with Crippen LogP contribution in [-0.4, -0.2) is 29.7 Å². The molecule has 3 N–H and O–H groups in total. The van der Waals surface area contributed by atoms with Gasteiger partial charge in [-0.2, -0.15) is 0 Å². The van der Waals surface area contributed by atoms with E-state index in [9.17, 15) is 13.2 Å². The zero-order valence-corrected chi connectivity index (χ0v) is 11.3. The highest BCUT2D eigenvalue weighted by atomic mass is 32.2. The third-order valence-electron chi connectivity index (χ3n) is 1.45. The summed E-state index contributed by atoms with van der Waals surface area (Å²) in [6.45, 7) is 3.35. The van der Waals surface area contributed by atoms with Crippen LogP contribution in [0.1, 0.15) is 26.7 Å². The van der Waals surface area contributed by atoms with E-state index >= 15 is 0 Å². The molecule has 0 aliphatic heterocycles. The zero-order chi connectivity index (χ0) is 13.3. The first-order valence-electron chi connectivity index (χ1n) is 4.90. The predicted octanol–water partition coefficient (Wildman–Crippen LogP) is 0.572. The second kappa shape index (κ2) is 8.09. The van der Waals surface area contributed by atoms with E-state index in [1.807, 2.05) is 6.92 Å². The number of carbonyl (C=O) groups is 1. The van der Waals surface area contributed by atoms with E-state index in [-0.39, 0.29) is 11.7 Å². The minimum absolute atomic E-state index is 0.115. The summed E-state index contributed by atoms with van der Waals surface area (Å²) in [5.41, 5.74) is 0. The molecule has 0 aliphatic carbocycles. The van der Waals surface area contributed by atoms with Crippen molar-refractivity contribution in [3.8, 4) is 0 Å². The van der Waals surface area contributed by atoms with Crippen LogP contribution in [-0.2, 0) is 14.8 Å². The standard InChI is InChI=1S/C4H5N3OS.C4H11NO2S/c1-3(8)5-4-2-9-7-6-4;1-2-3-4-8(5,6)7/h2H,1H3,(H,5,8);2-4H2,1H3,(H2,5,6,7). The molecule has 1 aromatic heterocycles. The summed E-state index contributed by atoms with van der Waals surface area (Å²) in [6.07, 6.45) is 1.54. The van der Waals surface area contributed by atoms with Gasteiger partial charge in [-0.05, 0) is 18.0 Å². The summed E-state index contributed by atoms with van der Waals surface area (Å²) < 4.78 is 23.9. The molecule has 0 atom stereocenters. The highest BCUT2D eigenvalue weighted by Crippen LogP contribution is 2.01. The number of nitrogens with one attached hydrogen (secondary N) is 1. The number of anilines is 1. The lowest BCUT2D eigenvalue weighted by molar-refractivity contribution is -0.114. The molecule has 1 heterocycles. The molecule has 1 amide bonds. The van der Waals surface area contributed by atoms with Crippen LogP contribution in [0.5, 0.6) is 0 Å². The normalized spacial score (nSPS) is 10.3. The van der Waals surface area contributed by atoms with Gasteiger partial charge in [0.25, 0.3) is 0 Å². The number of rotatable bonds is 4. The van der Waals surface area contributed by atoms with Crippen LogP contribution < -0.4 is 10.5 Å². The molecule has 0 saturated heterocycles. The molecule has 98 valence electrons. The molecular formula is C8H16N4O3S2. The van der Waals surface area contributed by atoms with Gasteiger partial charge in [-0.15, -0.1) is 5.10 Å². The lowest BCUT2D eigenvalue weighted by Crippen LogP contribution is -2.15. The average molecular weight is 280 g/mol. The number of carbonyl (C=O) groups excluding carboxylic acids is 1. The number of hydrogen-bond donors (Lipinski definition) is 2. The van der Waals surface area contributed by atoms with Crippen molar-refractivity contribution >= 4 is 33.3 Å². The van der Waals surface area contributed by atoms with Crippen LogP contribution in [0.25, 0.3) is 0 Å². The van der Waals surface area contributed by atoms with E-state index in [2.05, 4.69) is 14.9 Å². The SMILES string of the molecule is CC(=O)Nc1csnn1.CCCCS(N)(=O)=O. The van der Waals surface area contributed by atoms with Gasteiger partial charge in [0.1, 0.15) is 0 Å². The third kappa shape index (κ3) is 11.2. The van der Waals surface area contributed by atoms with Crippen molar-refractivity contribution in [3.63, 3.8) is 0 Å². The van der Waals surface area contributed by atoms with Crippen LogP contribution >= 0.6 is 11.5 Å². The number of sulfonamides is 1. The highest BCUT2D eigenvalue weighted by molar-refractivity contribution is 7.89. The van der Waals surface area contributed by atoms with Crippen LogP contribution in [0.4, 0.5) is 5.82 Å². The Morgan fingerprint density at radius 1 is 1.59 bits per heavy atom. The first-order chi connectivity index (χ1) is 7.85. The number of aromatic nitrogens is 2. The Balaban J connectivity index is 0.000000304. The van der Waals surface area contributed by atoms with Gasteiger partial charge in [0.05, 0.1) is 11.1 Å². The van der Waals surface area contributed by atoms with E-state index in [0.29, 0.717) is 12.2 Å². The van der Waals surface area contributed by atoms with Gasteiger partial charge in [0.2, 0.25) is 15.9 Å². The van der Waals surface area contributed by atoms with Gasteiger partial charge < -0.3 is 5.32 Å². The zero-order valence-electron chi connectivity index (χ0n) is 9.71. The minimum Gasteiger partial charge on any atom is -0.309 e. The molecular weight excluding hydrogens is 264 g/mol. The molecule has 0 radical (unpaired) electrons. The largest absolute Gasteiger partial charge is 0.309 e. The Labute approximate surface area is 105 Å². The second-order valence-electron chi connectivity index (χ2n) is 3.19. The minimum atomic E-state index is -3.19. The highest BCUT2D eigenvalue weighted by Gasteiger charge is 1.98. The van der Waals surface area contributed by atoms with Gasteiger partial charge in [0, 0.05) is 6.92 Å². The summed E-state index contributed by atoms with van der Waals surface area (Å²) in [6, 6.07) is 0. The average Bonchev–Trinajstić information content (AvgIpc) is 2.66. The summed E-state index contributed by atoms with van der Waals surface area (Å²) >= 11 is 1.21. The van der Waals surface area contributed by atoms with Crippen molar-refractivity contribution in [1.29, 1.82) is 0 Å². The fourth-order valence-electron chi connectivity index (χ4n) is 0.745. The first-order valence-corrected chi connectivity index (χ1v) is 7.45. The molecule has 1 rings (SSSR count). The Morgan fingerprint density at radius 2 is 2.24 bits per heavy atom. The molecule has 0 fully saturated rings. The number of nitrogens with two attached hydrogens (primary N) is 1. The van der Waals surface area contributed by atoms with Gasteiger partial charge in [-0.25, -0.2) is 13.6 Å². The molecule has 17 heavy (non-hydrogen) atoms. The second-order valence-corrected chi connectivity index (χ2v) is 5.54. The molecule has 0 spiro atoms. The van der Waals surface area contributed by atoms with Crippen molar-refractivity contribution in [1.82, 2.24) is 9.59 Å². The van der Waals surface area contributed by atoms with Crippen LogP contribution in [0.15, 0.2) is 5.38 Å². The van der Waals surface area contributed by atoms with Crippen molar-refractivity contribution in [2.45, 2.75) is 26.7 Å². The lowest BCUT2D eigenvalue weighted by atomic mass is 10.4. The van der Waals surface area contributed by atoms with E-state index in [0.717, 1.165) is 6.42 Å². The van der Waals surface area contributed by atoms with Gasteiger partial charge in [0.15, 0.2) is 5.82 Å². The van der Waals surface area contributed by atoms with Crippen molar-refractivity contribution < 1.29 is 13.2 Å². The Hall–Kier alpha value is -1.06. The van der Waals surface area contributed by atoms with Gasteiger partial charge in [-0.1, -0.05) is 17.8 Å². The maximum atomic E-state index is 10.3. The lowest BCUT2D eigenvalue weighted by Gasteiger charge is -1.91. The van der Waals surface area contributed by atoms with Gasteiger partial charge in [-0.3, -0.25) is 4.79 Å². The quantitative estimate of drug-likeness (QED) is 0.836. The molecule has 0 bridgehead atoms. The third-order valence-corrected chi connectivity index (χ3v) is 2.81. The molecule has 0 aliphatic rings. The van der Waals surface area contributed by atoms with Crippen LogP contribution in [0.2, 0.25) is 0 Å². The summed E-state index contributed by atoms with van der Waals surface area (Å²) in [7, 11) is -3.19. The number of unbranched alkanes of at least 4 members (excludes halogenated alkanes) is 1. The number of amides is 1. The smallest absolute Gasteiger partial charge is 0.222 e. The van der Waals surface area contributed by atoms with E-state index in [1.54, 1.807) is 5.38 Å².